The predicted octanol–water partition coefficient (Wildman–Crippen LogP) is 3.37. The predicted molar refractivity (Wildman–Crippen MR) is 104 cm³/mol. The second kappa shape index (κ2) is 8.11. The van der Waals surface area contributed by atoms with E-state index in [9.17, 15) is 9.59 Å². The molecule has 2 saturated heterocycles. The van der Waals surface area contributed by atoms with Gasteiger partial charge in [-0.25, -0.2) is 4.98 Å². The van der Waals surface area contributed by atoms with Crippen LogP contribution in [0.15, 0.2) is 24.4 Å². The van der Waals surface area contributed by atoms with E-state index in [1.165, 1.54) is 25.7 Å². The number of likely N-dealkylation sites (tertiary alicyclic amines) is 2. The Morgan fingerprint density at radius 1 is 0.741 bits per heavy atom. The van der Waals surface area contributed by atoms with Gasteiger partial charge in [-0.1, -0.05) is 31.7 Å². The van der Waals surface area contributed by atoms with Crippen LogP contribution in [0.1, 0.15) is 72.5 Å². The number of fused-ring (bicyclic) bond motifs is 1. The molecule has 0 bridgehead atoms. The Morgan fingerprint density at radius 2 is 1.30 bits per heavy atom. The number of nitrogens with zero attached hydrogens (tertiary/aromatic N) is 4. The summed E-state index contributed by atoms with van der Waals surface area (Å²) in [5.41, 5.74) is 1.14. The van der Waals surface area contributed by atoms with E-state index in [4.69, 9.17) is 0 Å². The van der Waals surface area contributed by atoms with Crippen LogP contribution in [-0.4, -0.2) is 57.2 Å². The number of hydrogen-bond donors (Lipinski definition) is 0. The van der Waals surface area contributed by atoms with Crippen LogP contribution in [0.3, 0.4) is 0 Å². The van der Waals surface area contributed by atoms with Crippen molar-refractivity contribution in [2.75, 3.05) is 26.2 Å². The van der Waals surface area contributed by atoms with E-state index in [1.807, 2.05) is 34.2 Å². The first-order chi connectivity index (χ1) is 13.3. The lowest BCUT2D eigenvalue weighted by molar-refractivity contribution is 0.0747. The largest absolute Gasteiger partial charge is 0.337 e. The average molecular weight is 368 g/mol. The van der Waals surface area contributed by atoms with E-state index in [1.54, 1.807) is 4.40 Å². The van der Waals surface area contributed by atoms with Gasteiger partial charge in [0.15, 0.2) is 5.69 Å². The highest BCUT2D eigenvalue weighted by Gasteiger charge is 2.28. The average Bonchev–Trinajstić information content (AvgIpc) is 2.92. The Hall–Kier alpha value is -2.37. The van der Waals surface area contributed by atoms with Crippen LogP contribution in [0.25, 0.3) is 5.52 Å². The van der Waals surface area contributed by atoms with Crippen molar-refractivity contribution in [3.63, 3.8) is 0 Å². The summed E-state index contributed by atoms with van der Waals surface area (Å²) in [5, 5.41) is 0. The summed E-state index contributed by atoms with van der Waals surface area (Å²) in [5.74, 6) is 0.259. The number of aromatic nitrogens is 2. The van der Waals surface area contributed by atoms with Gasteiger partial charge >= 0.3 is 0 Å². The van der Waals surface area contributed by atoms with Crippen LogP contribution >= 0.6 is 0 Å². The molecule has 4 heterocycles. The third-order valence-corrected chi connectivity index (χ3v) is 5.73. The van der Waals surface area contributed by atoms with Crippen LogP contribution < -0.4 is 0 Å². The molecule has 6 heteroatoms. The van der Waals surface area contributed by atoms with Gasteiger partial charge in [-0.2, -0.15) is 0 Å². The topological polar surface area (TPSA) is 57.9 Å². The fourth-order valence-corrected chi connectivity index (χ4v) is 4.18. The molecule has 0 saturated carbocycles. The van der Waals surface area contributed by atoms with Gasteiger partial charge in [0.2, 0.25) is 5.82 Å². The second-order valence-corrected chi connectivity index (χ2v) is 7.65. The van der Waals surface area contributed by atoms with Gasteiger partial charge in [0.05, 0.1) is 5.52 Å². The molecule has 0 aromatic carbocycles. The van der Waals surface area contributed by atoms with Crippen LogP contribution in [0.5, 0.6) is 0 Å². The lowest BCUT2D eigenvalue weighted by Gasteiger charge is -2.19. The Balaban J connectivity index is 1.68. The number of hydrogen-bond acceptors (Lipinski definition) is 3. The zero-order valence-electron chi connectivity index (χ0n) is 15.9. The van der Waals surface area contributed by atoms with Gasteiger partial charge in [-0.05, 0) is 37.8 Å². The molecule has 2 amide bonds. The molecule has 2 aliphatic heterocycles. The maximum Gasteiger partial charge on any atom is 0.290 e. The normalized spacial score (nSPS) is 19.0. The van der Waals surface area contributed by atoms with E-state index >= 15 is 0 Å². The van der Waals surface area contributed by atoms with E-state index in [0.717, 1.165) is 57.4 Å². The first kappa shape index (κ1) is 18.0. The standard InChI is InChI=1S/C21H28N4O2/c26-20(23-12-6-1-2-7-13-23)18-17-11-5-10-16-25(17)19(22-18)21(27)24-14-8-3-4-9-15-24/h5,10-11,16H,1-4,6-9,12-15H2. The van der Waals surface area contributed by atoms with Crippen LogP contribution in [0.4, 0.5) is 0 Å². The van der Waals surface area contributed by atoms with Crippen molar-refractivity contribution < 1.29 is 9.59 Å². The summed E-state index contributed by atoms with van der Waals surface area (Å²) in [6.45, 7) is 3.10. The van der Waals surface area contributed by atoms with Gasteiger partial charge in [-0.15, -0.1) is 0 Å². The fourth-order valence-electron chi connectivity index (χ4n) is 4.18. The molecule has 0 aliphatic carbocycles. The molecule has 2 aliphatic rings. The summed E-state index contributed by atoms with van der Waals surface area (Å²) in [7, 11) is 0. The molecule has 0 unspecified atom stereocenters. The first-order valence-corrected chi connectivity index (χ1v) is 10.3. The monoisotopic (exact) mass is 368 g/mol. The van der Waals surface area contributed by atoms with Crippen molar-refractivity contribution in [2.24, 2.45) is 0 Å². The minimum absolute atomic E-state index is 0.0458. The summed E-state index contributed by atoms with van der Waals surface area (Å²) < 4.78 is 1.79. The van der Waals surface area contributed by atoms with Crippen molar-refractivity contribution in [2.45, 2.75) is 51.4 Å². The van der Waals surface area contributed by atoms with Crippen LogP contribution in [0, 0.1) is 0 Å². The maximum absolute atomic E-state index is 13.2. The van der Waals surface area contributed by atoms with E-state index in [-0.39, 0.29) is 11.8 Å². The van der Waals surface area contributed by atoms with Crippen molar-refractivity contribution in [3.05, 3.63) is 35.9 Å². The Kier molecular flexibility index (Phi) is 5.41. The molecular formula is C21H28N4O2. The molecule has 2 fully saturated rings. The fraction of sp³-hybridized carbons (Fsp3) is 0.571. The number of pyridine rings is 1. The van der Waals surface area contributed by atoms with Gasteiger partial charge in [-0.3, -0.25) is 14.0 Å². The Morgan fingerprint density at radius 3 is 1.89 bits per heavy atom. The highest BCUT2D eigenvalue weighted by atomic mass is 16.2. The second-order valence-electron chi connectivity index (χ2n) is 7.65. The van der Waals surface area contributed by atoms with Crippen LogP contribution in [0.2, 0.25) is 0 Å². The number of amides is 2. The van der Waals surface area contributed by atoms with Gasteiger partial charge < -0.3 is 9.80 Å². The Bertz CT molecular complexity index is 747. The molecule has 144 valence electrons. The molecule has 27 heavy (non-hydrogen) atoms. The van der Waals surface area contributed by atoms with Gasteiger partial charge in [0.1, 0.15) is 0 Å². The maximum atomic E-state index is 13.2. The molecule has 2 aromatic heterocycles. The van der Waals surface area contributed by atoms with Gasteiger partial charge in [0, 0.05) is 32.4 Å². The van der Waals surface area contributed by atoms with E-state index in [0.29, 0.717) is 11.5 Å². The molecular weight excluding hydrogens is 340 g/mol. The highest BCUT2D eigenvalue weighted by molar-refractivity contribution is 6.02. The van der Waals surface area contributed by atoms with Gasteiger partial charge in [0.25, 0.3) is 11.8 Å². The van der Waals surface area contributed by atoms with Crippen molar-refractivity contribution >= 4 is 17.3 Å². The molecule has 0 atom stereocenters. The summed E-state index contributed by atoms with van der Waals surface area (Å²) in [6, 6.07) is 5.67. The third kappa shape index (κ3) is 3.70. The molecule has 6 nitrogen and oxygen atoms in total. The minimum Gasteiger partial charge on any atom is -0.337 e. The Labute approximate surface area is 160 Å². The third-order valence-electron chi connectivity index (χ3n) is 5.73. The minimum atomic E-state index is -0.0620. The smallest absolute Gasteiger partial charge is 0.290 e. The number of carbonyl (C=O) groups excluding carboxylic acids is 2. The summed E-state index contributed by atoms with van der Waals surface area (Å²) in [6.07, 6.45) is 10.7. The number of carbonyl (C=O) groups is 2. The number of imidazole rings is 1. The molecule has 0 spiro atoms. The molecule has 2 aromatic rings. The zero-order valence-corrected chi connectivity index (χ0v) is 15.9. The van der Waals surface area contributed by atoms with Crippen LogP contribution in [-0.2, 0) is 0 Å². The SMILES string of the molecule is O=C(c1nc(C(=O)N2CCCCCC2)n2ccccc12)N1CCCCCC1. The quantitative estimate of drug-likeness (QED) is 0.817. The lowest BCUT2D eigenvalue weighted by atomic mass is 10.2. The lowest BCUT2D eigenvalue weighted by Crippen LogP contribution is -2.34. The molecule has 4 rings (SSSR count). The first-order valence-electron chi connectivity index (χ1n) is 10.3. The van der Waals surface area contributed by atoms with E-state index in [2.05, 4.69) is 4.98 Å². The summed E-state index contributed by atoms with van der Waals surface area (Å²) >= 11 is 0. The van der Waals surface area contributed by atoms with Crippen molar-refractivity contribution in [3.8, 4) is 0 Å². The van der Waals surface area contributed by atoms with Crippen molar-refractivity contribution in [1.82, 2.24) is 19.2 Å². The zero-order chi connectivity index (χ0) is 18.6. The van der Waals surface area contributed by atoms with E-state index < -0.39 is 0 Å². The molecule has 0 radical (unpaired) electrons. The molecule has 0 N–H and O–H groups in total. The highest BCUT2D eigenvalue weighted by Crippen LogP contribution is 2.20. The van der Waals surface area contributed by atoms with Crippen molar-refractivity contribution in [1.29, 1.82) is 0 Å². The number of rotatable bonds is 2. The summed E-state index contributed by atoms with van der Waals surface area (Å²) in [4.78, 5) is 34.7.